The molecule has 1 aromatic heterocycles. The Kier molecular flexibility index (Phi) is 8.10. The number of benzene rings is 3. The Labute approximate surface area is 219 Å². The summed E-state index contributed by atoms with van der Waals surface area (Å²) >= 11 is 5.60. The molecule has 0 atom stereocenters. The highest BCUT2D eigenvalue weighted by molar-refractivity contribution is 14.1. The van der Waals surface area contributed by atoms with Crippen LogP contribution in [0.1, 0.15) is 36.7 Å². The van der Waals surface area contributed by atoms with Gasteiger partial charge in [-0.05, 0) is 77.0 Å². The molecule has 0 saturated heterocycles. The van der Waals surface area contributed by atoms with E-state index in [0.29, 0.717) is 34.5 Å². The fourth-order valence-corrected chi connectivity index (χ4v) is 4.48. The smallest absolute Gasteiger partial charge is 0.282 e. The van der Waals surface area contributed by atoms with Crippen molar-refractivity contribution in [1.82, 2.24) is 9.66 Å². The number of halogens is 3. The zero-order valence-electron chi connectivity index (χ0n) is 18.5. The first-order valence-corrected chi connectivity index (χ1v) is 12.7. The summed E-state index contributed by atoms with van der Waals surface area (Å²) in [5.41, 5.74) is 1.77. The SMILES string of the molecule is CCCCc1nc2ccc(Br)cc2c(=O)n1N=Cc1ccc(OCc2ccccc2F)c(I)c1. The summed E-state index contributed by atoms with van der Waals surface area (Å²) in [4.78, 5) is 17.9. The van der Waals surface area contributed by atoms with Crippen molar-refractivity contribution in [2.45, 2.75) is 32.8 Å². The molecule has 0 bridgehead atoms. The van der Waals surface area contributed by atoms with Gasteiger partial charge in [0.05, 0.1) is 20.7 Å². The third-order valence-electron chi connectivity index (χ3n) is 5.25. The zero-order chi connectivity index (χ0) is 24.1. The van der Waals surface area contributed by atoms with E-state index in [2.05, 4.69) is 50.5 Å². The van der Waals surface area contributed by atoms with Gasteiger partial charge in [0, 0.05) is 16.5 Å². The van der Waals surface area contributed by atoms with Crippen LogP contribution in [-0.4, -0.2) is 15.9 Å². The third kappa shape index (κ3) is 5.72. The first kappa shape index (κ1) is 24.5. The molecule has 0 fully saturated rings. The van der Waals surface area contributed by atoms with E-state index in [-0.39, 0.29) is 18.0 Å². The second-order valence-corrected chi connectivity index (χ2v) is 9.80. The highest BCUT2D eigenvalue weighted by Gasteiger charge is 2.11. The Morgan fingerprint density at radius 2 is 2.00 bits per heavy atom. The molecule has 0 unspecified atom stereocenters. The van der Waals surface area contributed by atoms with Crippen molar-refractivity contribution in [2.24, 2.45) is 5.10 Å². The number of ether oxygens (including phenoxy) is 1. The van der Waals surface area contributed by atoms with Gasteiger partial charge in [-0.2, -0.15) is 9.78 Å². The summed E-state index contributed by atoms with van der Waals surface area (Å²) in [5, 5.41) is 5.00. The number of hydrogen-bond donors (Lipinski definition) is 0. The van der Waals surface area contributed by atoms with Crippen molar-refractivity contribution < 1.29 is 9.13 Å². The van der Waals surface area contributed by atoms with E-state index in [1.54, 1.807) is 30.5 Å². The van der Waals surface area contributed by atoms with Crippen molar-refractivity contribution in [1.29, 1.82) is 0 Å². The van der Waals surface area contributed by atoms with Crippen molar-refractivity contribution in [3.8, 4) is 5.75 Å². The van der Waals surface area contributed by atoms with Gasteiger partial charge in [-0.1, -0.05) is 47.5 Å². The van der Waals surface area contributed by atoms with E-state index >= 15 is 0 Å². The predicted octanol–water partition coefficient (Wildman–Crippen LogP) is 6.71. The zero-order valence-corrected chi connectivity index (χ0v) is 22.2. The van der Waals surface area contributed by atoms with Crippen LogP contribution in [0.25, 0.3) is 10.9 Å². The number of aromatic nitrogens is 2. The predicted molar refractivity (Wildman–Crippen MR) is 145 cm³/mol. The monoisotopic (exact) mass is 633 g/mol. The lowest BCUT2D eigenvalue weighted by Crippen LogP contribution is -2.22. The standard InChI is InChI=1S/C26H22BrFIN3O2/c1-2-3-8-25-31-23-11-10-19(27)14-20(23)26(33)32(25)30-15-17-9-12-24(22(29)13-17)34-16-18-6-4-5-7-21(18)28/h4-7,9-15H,2-3,8,16H2,1H3. The molecule has 3 aromatic carbocycles. The fourth-order valence-electron chi connectivity index (χ4n) is 3.42. The Bertz CT molecular complexity index is 1420. The normalized spacial score (nSPS) is 11.4. The summed E-state index contributed by atoms with van der Waals surface area (Å²) in [5.74, 6) is 0.998. The maximum atomic E-state index is 13.8. The van der Waals surface area contributed by atoms with Crippen LogP contribution < -0.4 is 10.3 Å². The Balaban J connectivity index is 1.60. The van der Waals surface area contributed by atoms with Crippen LogP contribution >= 0.6 is 38.5 Å². The van der Waals surface area contributed by atoms with Crippen molar-refractivity contribution in [3.63, 3.8) is 0 Å². The highest BCUT2D eigenvalue weighted by Crippen LogP contribution is 2.23. The van der Waals surface area contributed by atoms with E-state index in [1.807, 2.05) is 30.3 Å². The van der Waals surface area contributed by atoms with E-state index < -0.39 is 0 Å². The molecule has 0 aliphatic heterocycles. The van der Waals surface area contributed by atoms with Crippen LogP contribution in [0.5, 0.6) is 5.75 Å². The molecule has 0 amide bonds. The summed E-state index contributed by atoms with van der Waals surface area (Å²) in [6.45, 7) is 2.24. The van der Waals surface area contributed by atoms with Gasteiger partial charge in [0.1, 0.15) is 24.0 Å². The minimum atomic E-state index is -0.290. The van der Waals surface area contributed by atoms with Gasteiger partial charge in [-0.25, -0.2) is 9.37 Å². The van der Waals surface area contributed by atoms with E-state index in [4.69, 9.17) is 9.72 Å². The number of fused-ring (bicyclic) bond motifs is 1. The molecule has 0 radical (unpaired) electrons. The molecule has 0 aliphatic carbocycles. The highest BCUT2D eigenvalue weighted by atomic mass is 127. The van der Waals surface area contributed by atoms with Gasteiger partial charge in [0.15, 0.2) is 0 Å². The molecule has 1 heterocycles. The summed E-state index contributed by atoms with van der Waals surface area (Å²) in [6.07, 6.45) is 4.21. The van der Waals surface area contributed by atoms with Crippen LogP contribution in [0.15, 0.2) is 75.0 Å². The molecular weight excluding hydrogens is 612 g/mol. The van der Waals surface area contributed by atoms with E-state index in [1.165, 1.54) is 10.7 Å². The first-order chi connectivity index (χ1) is 16.5. The van der Waals surface area contributed by atoms with E-state index in [9.17, 15) is 9.18 Å². The summed E-state index contributed by atoms with van der Waals surface area (Å²) in [7, 11) is 0. The van der Waals surface area contributed by atoms with Crippen LogP contribution in [0.3, 0.4) is 0 Å². The number of rotatable bonds is 8. The number of unbranched alkanes of at least 4 members (excludes halogenated alkanes) is 1. The molecule has 5 nitrogen and oxygen atoms in total. The molecular formula is C26H22BrFIN3O2. The van der Waals surface area contributed by atoms with Crippen molar-refractivity contribution in [2.75, 3.05) is 0 Å². The lowest BCUT2D eigenvalue weighted by atomic mass is 10.2. The third-order valence-corrected chi connectivity index (χ3v) is 6.58. The molecule has 0 N–H and O–H groups in total. The number of aryl methyl sites for hydroxylation is 1. The Morgan fingerprint density at radius 1 is 1.18 bits per heavy atom. The molecule has 0 saturated carbocycles. The van der Waals surface area contributed by atoms with Crippen LogP contribution in [0.4, 0.5) is 4.39 Å². The van der Waals surface area contributed by atoms with Gasteiger partial charge in [0.25, 0.3) is 5.56 Å². The molecule has 4 rings (SSSR count). The van der Waals surface area contributed by atoms with Crippen LogP contribution in [0.2, 0.25) is 0 Å². The van der Waals surface area contributed by atoms with Gasteiger partial charge < -0.3 is 4.74 Å². The van der Waals surface area contributed by atoms with Crippen LogP contribution in [-0.2, 0) is 13.0 Å². The van der Waals surface area contributed by atoms with E-state index in [0.717, 1.165) is 26.4 Å². The average molecular weight is 634 g/mol. The maximum Gasteiger partial charge on any atom is 0.282 e. The van der Waals surface area contributed by atoms with Crippen molar-refractivity contribution >= 4 is 55.6 Å². The Morgan fingerprint density at radius 3 is 2.76 bits per heavy atom. The minimum absolute atomic E-state index is 0.143. The lowest BCUT2D eigenvalue weighted by molar-refractivity contribution is 0.297. The number of hydrogen-bond acceptors (Lipinski definition) is 4. The summed E-state index contributed by atoms with van der Waals surface area (Å²) in [6, 6.07) is 17.6. The minimum Gasteiger partial charge on any atom is -0.488 e. The topological polar surface area (TPSA) is 56.5 Å². The molecule has 0 aliphatic rings. The number of nitrogens with zero attached hydrogens (tertiary/aromatic N) is 3. The average Bonchev–Trinajstić information content (AvgIpc) is 2.83. The molecule has 34 heavy (non-hydrogen) atoms. The van der Waals surface area contributed by atoms with Gasteiger partial charge >= 0.3 is 0 Å². The molecule has 0 spiro atoms. The second kappa shape index (κ2) is 11.2. The molecule has 4 aromatic rings. The van der Waals surface area contributed by atoms with Gasteiger partial charge in [0.2, 0.25) is 0 Å². The van der Waals surface area contributed by atoms with Crippen molar-refractivity contribution in [3.05, 3.63) is 102 Å². The Hall–Kier alpha value is -2.59. The van der Waals surface area contributed by atoms with Gasteiger partial charge in [-0.3, -0.25) is 4.79 Å². The fraction of sp³-hybridized carbons (Fsp3) is 0.192. The second-order valence-electron chi connectivity index (χ2n) is 7.72. The molecule has 8 heteroatoms. The maximum absolute atomic E-state index is 13.8. The summed E-state index contributed by atoms with van der Waals surface area (Å²) < 4.78 is 22.7. The van der Waals surface area contributed by atoms with Crippen LogP contribution in [0, 0.1) is 9.39 Å². The largest absolute Gasteiger partial charge is 0.488 e. The quantitative estimate of drug-likeness (QED) is 0.160. The molecule has 174 valence electrons. The first-order valence-electron chi connectivity index (χ1n) is 10.9. The lowest BCUT2D eigenvalue weighted by Gasteiger charge is -2.10. The van der Waals surface area contributed by atoms with Gasteiger partial charge in [-0.15, -0.1) is 0 Å².